The number of hydrogen-bond donors (Lipinski definition) is 2. The van der Waals surface area contributed by atoms with E-state index in [-0.39, 0.29) is 18.0 Å². The summed E-state index contributed by atoms with van der Waals surface area (Å²) >= 11 is 0. The molecule has 2 aromatic carbocycles. The van der Waals surface area contributed by atoms with Crippen LogP contribution in [0.5, 0.6) is 0 Å². The van der Waals surface area contributed by atoms with Crippen molar-refractivity contribution in [3.05, 3.63) is 101 Å². The molecule has 234 valence electrons. The zero-order chi connectivity index (χ0) is 32.0. The summed E-state index contributed by atoms with van der Waals surface area (Å²) in [4.78, 5) is 23.8. The molecule has 45 heavy (non-hydrogen) atoms. The predicted molar refractivity (Wildman–Crippen MR) is 176 cm³/mol. The van der Waals surface area contributed by atoms with Gasteiger partial charge in [-0.25, -0.2) is 4.98 Å². The van der Waals surface area contributed by atoms with E-state index in [4.69, 9.17) is 4.98 Å². The van der Waals surface area contributed by atoms with Crippen LogP contribution in [-0.2, 0) is 18.3 Å². The van der Waals surface area contributed by atoms with E-state index in [9.17, 15) is 10.1 Å². The number of carbonyl (C=O) groups excluding carboxylic acids is 1. The lowest BCUT2D eigenvalue weighted by Crippen LogP contribution is -2.42. The Bertz CT molecular complexity index is 1590. The standard InChI is InChI=1S/C36H44N8O/c1-22(38-20-23(2)44-30(19-37)16-29-17-33(29)44)18-36(35-39-21-40-41-35)31-12-10-25(24(3)42(4)5)14-26(31)8-9-27-15-28(11-13-32(27)36)34(45)43(6)7/h10-15,21-22,29-30,33,38H,2-3,8-9,16-18,20H2,1,4-7H3,(H,39,40,41)/t22-,29-,30?,33+,36?/m1/s1. The van der Waals surface area contributed by atoms with Gasteiger partial charge in [-0.2, -0.15) is 10.4 Å². The van der Waals surface area contributed by atoms with E-state index in [0.717, 1.165) is 59.6 Å². The maximum atomic E-state index is 13.1. The summed E-state index contributed by atoms with van der Waals surface area (Å²) in [6.07, 6.45) is 5.98. The van der Waals surface area contributed by atoms with Crippen molar-refractivity contribution < 1.29 is 4.79 Å². The van der Waals surface area contributed by atoms with Crippen molar-refractivity contribution in [2.24, 2.45) is 5.92 Å². The number of nitriles is 1. The molecule has 0 radical (unpaired) electrons. The second kappa shape index (κ2) is 11.8. The molecule has 1 amide bonds. The van der Waals surface area contributed by atoms with Crippen molar-refractivity contribution in [2.75, 3.05) is 34.7 Å². The number of likely N-dealkylation sites (tertiary alicyclic amines) is 1. The Balaban J connectivity index is 1.42. The normalized spacial score (nSPS) is 23.6. The summed E-state index contributed by atoms with van der Waals surface area (Å²) in [6, 6.07) is 15.7. The monoisotopic (exact) mass is 604 g/mol. The molecule has 6 rings (SSSR count). The summed E-state index contributed by atoms with van der Waals surface area (Å²) in [5.74, 6) is 1.39. The fourth-order valence-corrected chi connectivity index (χ4v) is 7.60. The SMILES string of the molecule is C=C(c1ccc2c(c1)CCc1cc(C(=O)N(C)C)ccc1C2(C[C@@H](C)NCC(=C)N1C(C#N)C[C@@H]2C[C@@H]21)c1ncn[nH]1)N(C)C. The highest BCUT2D eigenvalue weighted by Gasteiger charge is 2.52. The number of amides is 1. The molecule has 9 nitrogen and oxygen atoms in total. The first-order chi connectivity index (χ1) is 21.5. The highest BCUT2D eigenvalue weighted by molar-refractivity contribution is 5.94. The van der Waals surface area contributed by atoms with Crippen LogP contribution in [0.2, 0.25) is 0 Å². The molecular weight excluding hydrogens is 560 g/mol. The molecule has 2 fully saturated rings. The van der Waals surface area contributed by atoms with Gasteiger partial charge >= 0.3 is 0 Å². The molecule has 1 saturated carbocycles. The minimum atomic E-state index is -0.659. The Labute approximate surface area is 266 Å². The number of H-pyrrole nitrogens is 1. The third-order valence-corrected chi connectivity index (χ3v) is 10.0. The number of nitrogens with zero attached hydrogens (tertiary/aromatic N) is 6. The molecule has 2 heterocycles. The van der Waals surface area contributed by atoms with Crippen LogP contribution in [0, 0.1) is 17.2 Å². The molecular formula is C36H44N8O. The van der Waals surface area contributed by atoms with Crippen LogP contribution in [0.4, 0.5) is 0 Å². The first kappa shape index (κ1) is 30.6. The number of rotatable bonds is 10. The van der Waals surface area contributed by atoms with E-state index < -0.39 is 5.41 Å². The van der Waals surface area contributed by atoms with Gasteiger partial charge in [-0.15, -0.1) is 0 Å². The Kier molecular flexibility index (Phi) is 8.04. The summed E-state index contributed by atoms with van der Waals surface area (Å²) < 4.78 is 0. The van der Waals surface area contributed by atoms with Gasteiger partial charge < -0.3 is 20.0 Å². The summed E-state index contributed by atoms with van der Waals surface area (Å²) in [6.45, 7) is 11.5. The Morgan fingerprint density at radius 3 is 2.36 bits per heavy atom. The van der Waals surface area contributed by atoms with E-state index in [2.05, 4.69) is 76.9 Å². The smallest absolute Gasteiger partial charge is 0.253 e. The van der Waals surface area contributed by atoms with Gasteiger partial charge in [0.2, 0.25) is 0 Å². The Hall–Kier alpha value is -4.42. The molecule has 3 aromatic rings. The largest absolute Gasteiger partial charge is 0.378 e. The maximum Gasteiger partial charge on any atom is 0.253 e. The molecule has 2 aliphatic carbocycles. The van der Waals surface area contributed by atoms with E-state index in [0.29, 0.717) is 30.5 Å². The number of aromatic nitrogens is 3. The van der Waals surface area contributed by atoms with Crippen molar-refractivity contribution >= 4 is 11.6 Å². The van der Waals surface area contributed by atoms with Crippen LogP contribution >= 0.6 is 0 Å². The first-order valence-corrected chi connectivity index (χ1v) is 15.8. The minimum Gasteiger partial charge on any atom is -0.378 e. The van der Waals surface area contributed by atoms with E-state index >= 15 is 0 Å². The molecule has 2 N–H and O–H groups in total. The highest BCUT2D eigenvalue weighted by Crippen LogP contribution is 2.50. The van der Waals surface area contributed by atoms with Gasteiger partial charge in [0, 0.05) is 63.8 Å². The van der Waals surface area contributed by atoms with Crippen molar-refractivity contribution in [2.45, 2.75) is 62.6 Å². The van der Waals surface area contributed by atoms with Gasteiger partial charge in [0.05, 0.1) is 11.5 Å². The van der Waals surface area contributed by atoms with Crippen LogP contribution in [0.1, 0.15) is 70.2 Å². The Morgan fingerprint density at radius 2 is 1.76 bits per heavy atom. The lowest BCUT2D eigenvalue weighted by Gasteiger charge is -2.38. The number of fused-ring (bicyclic) bond motifs is 3. The van der Waals surface area contributed by atoms with Crippen LogP contribution < -0.4 is 5.32 Å². The van der Waals surface area contributed by atoms with E-state index in [1.165, 1.54) is 11.1 Å². The molecule has 1 aromatic heterocycles. The third kappa shape index (κ3) is 5.42. The van der Waals surface area contributed by atoms with Crippen molar-refractivity contribution in [1.82, 2.24) is 35.2 Å². The number of piperidine rings is 1. The van der Waals surface area contributed by atoms with Gasteiger partial charge in [-0.05, 0) is 91.0 Å². The molecule has 1 aliphatic heterocycles. The van der Waals surface area contributed by atoms with Crippen LogP contribution in [0.3, 0.4) is 0 Å². The quantitative estimate of drug-likeness (QED) is 0.355. The van der Waals surface area contributed by atoms with Crippen molar-refractivity contribution in [3.63, 3.8) is 0 Å². The number of aromatic amines is 1. The van der Waals surface area contributed by atoms with Gasteiger partial charge in [0.25, 0.3) is 5.91 Å². The molecule has 3 aliphatic rings. The van der Waals surface area contributed by atoms with Crippen LogP contribution in [0.15, 0.2) is 61.6 Å². The minimum absolute atomic E-state index is 0.0153. The first-order valence-electron chi connectivity index (χ1n) is 15.8. The maximum absolute atomic E-state index is 13.1. The third-order valence-electron chi connectivity index (χ3n) is 10.0. The summed E-state index contributed by atoms with van der Waals surface area (Å²) in [5, 5.41) is 21.1. The molecule has 0 spiro atoms. The van der Waals surface area contributed by atoms with E-state index in [1.807, 2.05) is 25.1 Å². The van der Waals surface area contributed by atoms with E-state index in [1.54, 1.807) is 25.3 Å². The summed E-state index contributed by atoms with van der Waals surface area (Å²) in [5.41, 5.74) is 7.70. The number of benzene rings is 2. The molecule has 2 unspecified atom stereocenters. The lowest BCUT2D eigenvalue weighted by atomic mass is 9.67. The topological polar surface area (TPSA) is 104 Å². The zero-order valence-corrected chi connectivity index (χ0v) is 27.1. The number of hydrogen-bond acceptors (Lipinski definition) is 7. The van der Waals surface area contributed by atoms with Gasteiger partial charge in [-0.3, -0.25) is 9.89 Å². The molecule has 1 saturated heterocycles. The second-order valence-electron chi connectivity index (χ2n) is 13.4. The summed E-state index contributed by atoms with van der Waals surface area (Å²) in [7, 11) is 7.59. The highest BCUT2D eigenvalue weighted by atomic mass is 16.2. The fourth-order valence-electron chi connectivity index (χ4n) is 7.60. The molecule has 5 atom stereocenters. The number of carbonyl (C=O) groups is 1. The fraction of sp³-hybridized carbons (Fsp3) is 0.444. The predicted octanol–water partition coefficient (Wildman–Crippen LogP) is 4.34. The van der Waals surface area contributed by atoms with Crippen LogP contribution in [-0.4, -0.2) is 88.6 Å². The number of nitrogens with one attached hydrogen (secondary N) is 2. The van der Waals surface area contributed by atoms with Crippen LogP contribution in [0.25, 0.3) is 5.70 Å². The average Bonchev–Trinajstić information content (AvgIpc) is 3.42. The van der Waals surface area contributed by atoms with Crippen molar-refractivity contribution in [1.29, 1.82) is 5.26 Å². The molecule has 9 heteroatoms. The van der Waals surface area contributed by atoms with Gasteiger partial charge in [0.1, 0.15) is 18.2 Å². The second-order valence-corrected chi connectivity index (χ2v) is 13.4. The number of aryl methyl sites for hydroxylation is 2. The van der Waals surface area contributed by atoms with Crippen molar-refractivity contribution in [3.8, 4) is 6.07 Å². The Morgan fingerprint density at radius 1 is 1.09 bits per heavy atom. The average molecular weight is 605 g/mol. The van der Waals surface area contributed by atoms with Gasteiger partial charge in [0.15, 0.2) is 0 Å². The zero-order valence-electron chi connectivity index (χ0n) is 27.1. The lowest BCUT2D eigenvalue weighted by molar-refractivity contribution is 0.0827. The van der Waals surface area contributed by atoms with Gasteiger partial charge in [-0.1, -0.05) is 31.4 Å². The molecule has 0 bridgehead atoms.